The lowest BCUT2D eigenvalue weighted by Crippen LogP contribution is -2.23. The Bertz CT molecular complexity index is 311. The molecule has 0 aromatic heterocycles. The molecule has 1 aliphatic rings. The predicted molar refractivity (Wildman–Crippen MR) is 59.0 cm³/mol. The minimum absolute atomic E-state index is 0. The molecule has 4 heteroatoms. The SMILES string of the molecule is Cl.FC1(c2cccc(Cl)c2)CCNC1. The summed E-state index contributed by atoms with van der Waals surface area (Å²) >= 11 is 5.80. The van der Waals surface area contributed by atoms with Crippen LogP contribution in [0, 0.1) is 0 Å². The van der Waals surface area contributed by atoms with Gasteiger partial charge in [0.15, 0.2) is 0 Å². The Morgan fingerprint density at radius 2 is 2.21 bits per heavy atom. The summed E-state index contributed by atoms with van der Waals surface area (Å²) in [6.07, 6.45) is 0.535. The van der Waals surface area contributed by atoms with Crippen molar-refractivity contribution in [1.29, 1.82) is 0 Å². The second-order valence-corrected chi connectivity index (χ2v) is 3.84. The second-order valence-electron chi connectivity index (χ2n) is 3.40. The van der Waals surface area contributed by atoms with Crippen molar-refractivity contribution in [1.82, 2.24) is 5.32 Å². The van der Waals surface area contributed by atoms with Gasteiger partial charge in [-0.3, -0.25) is 0 Å². The molecule has 0 saturated carbocycles. The zero-order valence-corrected chi connectivity index (χ0v) is 9.17. The van der Waals surface area contributed by atoms with Crippen molar-refractivity contribution in [3.05, 3.63) is 34.9 Å². The fourth-order valence-corrected chi connectivity index (χ4v) is 1.87. The van der Waals surface area contributed by atoms with Gasteiger partial charge in [-0.25, -0.2) is 4.39 Å². The van der Waals surface area contributed by atoms with E-state index in [1.807, 2.05) is 0 Å². The average molecular weight is 236 g/mol. The fraction of sp³-hybridized carbons (Fsp3) is 0.400. The average Bonchev–Trinajstić information content (AvgIpc) is 2.54. The number of nitrogens with one attached hydrogen (secondary N) is 1. The molecule has 0 radical (unpaired) electrons. The summed E-state index contributed by atoms with van der Waals surface area (Å²) in [5, 5.41) is 3.61. The Balaban J connectivity index is 0.000000980. The van der Waals surface area contributed by atoms with E-state index < -0.39 is 5.67 Å². The second kappa shape index (κ2) is 4.47. The first-order valence-corrected chi connectivity index (χ1v) is 4.74. The number of hydrogen-bond donors (Lipinski definition) is 1. The van der Waals surface area contributed by atoms with Crippen LogP contribution in [0.2, 0.25) is 5.02 Å². The van der Waals surface area contributed by atoms with E-state index in [4.69, 9.17) is 11.6 Å². The van der Waals surface area contributed by atoms with Gasteiger partial charge >= 0.3 is 0 Å². The molecule has 0 amide bonds. The summed E-state index contributed by atoms with van der Waals surface area (Å²) in [6, 6.07) is 7.04. The van der Waals surface area contributed by atoms with Crippen LogP contribution in [0.1, 0.15) is 12.0 Å². The molecule has 1 aromatic carbocycles. The third kappa shape index (κ3) is 2.19. The third-order valence-corrected chi connectivity index (χ3v) is 2.68. The number of rotatable bonds is 1. The Morgan fingerprint density at radius 3 is 2.79 bits per heavy atom. The lowest BCUT2D eigenvalue weighted by atomic mass is 9.95. The first-order chi connectivity index (χ1) is 6.21. The van der Waals surface area contributed by atoms with Gasteiger partial charge in [-0.2, -0.15) is 0 Å². The van der Waals surface area contributed by atoms with Crippen molar-refractivity contribution in [2.75, 3.05) is 13.1 Å². The Kier molecular flexibility index (Phi) is 3.76. The summed E-state index contributed by atoms with van der Waals surface area (Å²) in [5.41, 5.74) is -0.532. The summed E-state index contributed by atoms with van der Waals surface area (Å²) in [7, 11) is 0. The van der Waals surface area contributed by atoms with Gasteiger partial charge in [0.1, 0.15) is 5.67 Å². The fourth-order valence-electron chi connectivity index (χ4n) is 1.68. The highest BCUT2D eigenvalue weighted by molar-refractivity contribution is 6.30. The first-order valence-electron chi connectivity index (χ1n) is 4.36. The van der Waals surface area contributed by atoms with Gasteiger partial charge in [0.2, 0.25) is 0 Å². The minimum Gasteiger partial charge on any atom is -0.313 e. The molecular weight excluding hydrogens is 224 g/mol. The van der Waals surface area contributed by atoms with E-state index in [2.05, 4.69) is 5.32 Å². The molecule has 1 N–H and O–H groups in total. The summed E-state index contributed by atoms with van der Waals surface area (Å²) in [6.45, 7) is 1.14. The van der Waals surface area contributed by atoms with Gasteiger partial charge < -0.3 is 5.32 Å². The Morgan fingerprint density at radius 1 is 1.43 bits per heavy atom. The Labute approximate surface area is 94.1 Å². The smallest absolute Gasteiger partial charge is 0.149 e. The highest BCUT2D eigenvalue weighted by Crippen LogP contribution is 2.33. The number of benzene rings is 1. The van der Waals surface area contributed by atoms with Crippen LogP contribution >= 0.6 is 24.0 Å². The van der Waals surface area contributed by atoms with Crippen molar-refractivity contribution in [3.8, 4) is 0 Å². The monoisotopic (exact) mass is 235 g/mol. The summed E-state index contributed by atoms with van der Waals surface area (Å²) in [5.74, 6) is 0. The molecule has 1 unspecified atom stereocenters. The van der Waals surface area contributed by atoms with Crippen molar-refractivity contribution in [2.24, 2.45) is 0 Å². The van der Waals surface area contributed by atoms with Crippen LogP contribution < -0.4 is 5.32 Å². The number of hydrogen-bond acceptors (Lipinski definition) is 1. The largest absolute Gasteiger partial charge is 0.313 e. The van der Waals surface area contributed by atoms with E-state index in [0.717, 1.165) is 6.54 Å². The van der Waals surface area contributed by atoms with E-state index in [0.29, 0.717) is 23.6 Å². The van der Waals surface area contributed by atoms with Gasteiger partial charge in [-0.1, -0.05) is 23.7 Å². The molecule has 1 atom stereocenters. The van der Waals surface area contributed by atoms with Gasteiger partial charge in [-0.15, -0.1) is 12.4 Å². The lowest BCUT2D eigenvalue weighted by Gasteiger charge is -2.18. The van der Waals surface area contributed by atoms with Crippen LogP contribution in [0.5, 0.6) is 0 Å². The van der Waals surface area contributed by atoms with Gasteiger partial charge in [0, 0.05) is 11.6 Å². The number of halogens is 3. The van der Waals surface area contributed by atoms with E-state index >= 15 is 0 Å². The van der Waals surface area contributed by atoms with Gasteiger partial charge in [0.05, 0.1) is 0 Å². The van der Waals surface area contributed by atoms with Gasteiger partial charge in [0.25, 0.3) is 0 Å². The van der Waals surface area contributed by atoms with E-state index in [-0.39, 0.29) is 12.4 Å². The molecule has 1 nitrogen and oxygen atoms in total. The molecule has 1 aromatic rings. The first kappa shape index (κ1) is 11.8. The molecule has 1 heterocycles. The van der Waals surface area contributed by atoms with Crippen molar-refractivity contribution >= 4 is 24.0 Å². The molecule has 0 aliphatic carbocycles. The van der Waals surface area contributed by atoms with E-state index in [1.165, 1.54) is 0 Å². The molecule has 1 fully saturated rings. The zero-order valence-electron chi connectivity index (χ0n) is 7.59. The quantitative estimate of drug-likeness (QED) is 0.790. The van der Waals surface area contributed by atoms with Crippen LogP contribution in [0.3, 0.4) is 0 Å². The predicted octanol–water partition coefficient (Wildman–Crippen LogP) is 2.92. The minimum atomic E-state index is -1.22. The van der Waals surface area contributed by atoms with Gasteiger partial charge in [-0.05, 0) is 30.7 Å². The maximum absolute atomic E-state index is 14.1. The van der Waals surface area contributed by atoms with Crippen LogP contribution in [0.4, 0.5) is 4.39 Å². The third-order valence-electron chi connectivity index (χ3n) is 2.45. The Hall–Kier alpha value is -0.310. The summed E-state index contributed by atoms with van der Waals surface area (Å²) < 4.78 is 14.1. The van der Waals surface area contributed by atoms with Crippen molar-refractivity contribution in [2.45, 2.75) is 12.1 Å². The maximum atomic E-state index is 14.1. The lowest BCUT2D eigenvalue weighted by molar-refractivity contribution is 0.193. The number of alkyl halides is 1. The topological polar surface area (TPSA) is 12.0 Å². The standard InChI is InChI=1S/C10H11ClFN.ClH/c11-9-3-1-2-8(6-9)10(12)4-5-13-7-10;/h1-3,6,13H,4-5,7H2;1H. The molecule has 1 saturated heterocycles. The zero-order chi connectivity index (χ0) is 9.31. The molecule has 78 valence electrons. The van der Waals surface area contributed by atoms with Crippen LogP contribution in [-0.4, -0.2) is 13.1 Å². The van der Waals surface area contributed by atoms with Crippen LogP contribution in [0.15, 0.2) is 24.3 Å². The van der Waals surface area contributed by atoms with Crippen LogP contribution in [-0.2, 0) is 5.67 Å². The van der Waals surface area contributed by atoms with E-state index in [1.54, 1.807) is 24.3 Å². The van der Waals surface area contributed by atoms with Crippen molar-refractivity contribution in [3.63, 3.8) is 0 Å². The molecular formula is C10H12Cl2FN. The molecule has 14 heavy (non-hydrogen) atoms. The highest BCUT2D eigenvalue weighted by atomic mass is 35.5. The maximum Gasteiger partial charge on any atom is 0.149 e. The van der Waals surface area contributed by atoms with E-state index in [9.17, 15) is 4.39 Å². The van der Waals surface area contributed by atoms with Crippen molar-refractivity contribution < 1.29 is 4.39 Å². The molecule has 1 aliphatic heterocycles. The summed E-state index contributed by atoms with van der Waals surface area (Å²) in [4.78, 5) is 0. The normalized spacial score (nSPS) is 25.9. The molecule has 2 rings (SSSR count). The highest BCUT2D eigenvalue weighted by Gasteiger charge is 2.35. The van der Waals surface area contributed by atoms with Crippen LogP contribution in [0.25, 0.3) is 0 Å². The molecule has 0 spiro atoms. The molecule has 0 bridgehead atoms.